The maximum absolute atomic E-state index is 12.9. The number of ether oxygens (including phenoxy) is 1. The molecule has 36 heavy (non-hydrogen) atoms. The topological polar surface area (TPSA) is 93.1 Å². The van der Waals surface area contributed by atoms with Crippen LogP contribution in [0.15, 0.2) is 30.7 Å². The summed E-state index contributed by atoms with van der Waals surface area (Å²) in [6.45, 7) is 2.28. The lowest BCUT2D eigenvalue weighted by Crippen LogP contribution is -2.29. The minimum atomic E-state index is -4.59. The highest BCUT2D eigenvalue weighted by atomic mass is 32.1. The normalized spacial score (nSPS) is 16.5. The van der Waals surface area contributed by atoms with Gasteiger partial charge < -0.3 is 10.1 Å². The lowest BCUT2D eigenvalue weighted by atomic mass is 10.1. The number of pyridine rings is 1. The third kappa shape index (κ3) is 6.49. The van der Waals surface area contributed by atoms with E-state index in [0.29, 0.717) is 53.4 Å². The van der Waals surface area contributed by atoms with Crippen LogP contribution in [0.3, 0.4) is 0 Å². The molecule has 14 heteroatoms. The van der Waals surface area contributed by atoms with E-state index < -0.39 is 24.2 Å². The van der Waals surface area contributed by atoms with Crippen LogP contribution in [0.25, 0.3) is 0 Å². The van der Waals surface area contributed by atoms with Crippen molar-refractivity contribution in [3.8, 4) is 5.88 Å². The first-order chi connectivity index (χ1) is 17.1. The van der Waals surface area contributed by atoms with Gasteiger partial charge in [-0.05, 0) is 30.9 Å². The fraction of sp³-hybridized carbons (Fsp3) is 0.409. The van der Waals surface area contributed by atoms with Crippen molar-refractivity contribution in [2.45, 2.75) is 38.5 Å². The maximum atomic E-state index is 12.9. The van der Waals surface area contributed by atoms with Gasteiger partial charge in [-0.1, -0.05) is 0 Å². The minimum absolute atomic E-state index is 0.0917. The predicted molar refractivity (Wildman–Crippen MR) is 120 cm³/mol. The first-order valence-electron chi connectivity index (χ1n) is 10.9. The van der Waals surface area contributed by atoms with Crippen LogP contribution in [-0.4, -0.2) is 62.3 Å². The van der Waals surface area contributed by atoms with Crippen LogP contribution in [0.2, 0.25) is 0 Å². The van der Waals surface area contributed by atoms with E-state index in [1.54, 1.807) is 24.0 Å². The van der Waals surface area contributed by atoms with Gasteiger partial charge in [0, 0.05) is 36.7 Å². The highest BCUT2D eigenvalue weighted by molar-refractivity contribution is 7.06. The molecule has 1 amide bonds. The van der Waals surface area contributed by atoms with Gasteiger partial charge in [-0.25, -0.2) is 18.7 Å². The zero-order chi connectivity index (χ0) is 25.9. The molecule has 1 aliphatic rings. The Morgan fingerprint density at radius 2 is 2.03 bits per heavy atom. The molecule has 192 valence electrons. The van der Waals surface area contributed by atoms with Gasteiger partial charge in [0.1, 0.15) is 6.10 Å². The predicted octanol–water partition coefficient (Wildman–Crippen LogP) is 4.22. The molecule has 1 aliphatic heterocycles. The lowest BCUT2D eigenvalue weighted by molar-refractivity contribution is -0.141. The molecule has 4 rings (SSSR count). The molecule has 0 saturated carbocycles. The Bertz CT molecular complexity index is 1190. The van der Waals surface area contributed by atoms with Gasteiger partial charge in [0.15, 0.2) is 5.69 Å². The number of likely N-dealkylation sites (tertiary alicyclic amines) is 1. The SMILES string of the molecule is Cc1nsc(Cc2cnc(C(F)(F)F)cn2)c1C(=O)Nc1ccc(O[C@H]2CCN(CC(F)F)C2)nc1. The van der Waals surface area contributed by atoms with E-state index in [1.807, 2.05) is 0 Å². The van der Waals surface area contributed by atoms with Gasteiger partial charge in [0.05, 0.1) is 41.6 Å². The first-order valence-corrected chi connectivity index (χ1v) is 11.6. The molecule has 0 spiro atoms. The van der Waals surface area contributed by atoms with Gasteiger partial charge in [-0.2, -0.15) is 17.5 Å². The smallest absolute Gasteiger partial charge is 0.434 e. The van der Waals surface area contributed by atoms with E-state index in [9.17, 15) is 26.7 Å². The third-order valence-corrected chi connectivity index (χ3v) is 6.34. The van der Waals surface area contributed by atoms with E-state index in [4.69, 9.17) is 4.74 Å². The lowest BCUT2D eigenvalue weighted by Gasteiger charge is -2.16. The molecule has 0 radical (unpaired) electrons. The molecule has 0 bridgehead atoms. The monoisotopic (exact) mass is 528 g/mol. The Hall–Kier alpha value is -3.26. The molecule has 1 fully saturated rings. The van der Waals surface area contributed by atoms with Crippen molar-refractivity contribution in [1.82, 2.24) is 24.2 Å². The van der Waals surface area contributed by atoms with E-state index >= 15 is 0 Å². The highest BCUT2D eigenvalue weighted by Gasteiger charge is 2.33. The fourth-order valence-corrected chi connectivity index (χ4v) is 4.61. The van der Waals surface area contributed by atoms with Crippen molar-refractivity contribution >= 4 is 23.1 Å². The van der Waals surface area contributed by atoms with Crippen LogP contribution in [0.4, 0.5) is 27.6 Å². The summed E-state index contributed by atoms with van der Waals surface area (Å²) in [5.41, 5.74) is 0.330. The summed E-state index contributed by atoms with van der Waals surface area (Å²) < 4.78 is 73.1. The third-order valence-electron chi connectivity index (χ3n) is 5.40. The number of halogens is 5. The van der Waals surface area contributed by atoms with Crippen LogP contribution in [-0.2, 0) is 12.6 Å². The van der Waals surface area contributed by atoms with Gasteiger partial charge >= 0.3 is 6.18 Å². The molecular weight excluding hydrogens is 507 g/mol. The summed E-state index contributed by atoms with van der Waals surface area (Å²) in [4.78, 5) is 26.5. The van der Waals surface area contributed by atoms with Crippen molar-refractivity contribution in [2.24, 2.45) is 0 Å². The molecule has 8 nitrogen and oxygen atoms in total. The molecular formula is C22H21F5N6O2S. The molecule has 0 unspecified atom stereocenters. The first kappa shape index (κ1) is 25.8. The fourth-order valence-electron chi connectivity index (χ4n) is 3.73. The number of nitrogens with zero attached hydrogens (tertiary/aromatic N) is 5. The van der Waals surface area contributed by atoms with Crippen molar-refractivity contribution in [1.29, 1.82) is 0 Å². The second-order valence-corrected chi connectivity index (χ2v) is 9.01. The Morgan fingerprint density at radius 1 is 1.22 bits per heavy atom. The van der Waals surface area contributed by atoms with Gasteiger partial charge in [-0.15, -0.1) is 0 Å². The molecule has 1 saturated heterocycles. The van der Waals surface area contributed by atoms with Gasteiger partial charge in [-0.3, -0.25) is 14.7 Å². The van der Waals surface area contributed by atoms with Gasteiger partial charge in [0.2, 0.25) is 5.88 Å². The van der Waals surface area contributed by atoms with E-state index in [-0.39, 0.29) is 24.8 Å². The van der Waals surface area contributed by atoms with Crippen LogP contribution in [0.5, 0.6) is 5.88 Å². The number of carbonyl (C=O) groups excluding carboxylic acids is 1. The van der Waals surface area contributed by atoms with Crippen LogP contribution in [0.1, 0.15) is 38.7 Å². The average Bonchev–Trinajstić information content (AvgIpc) is 3.40. The van der Waals surface area contributed by atoms with Crippen molar-refractivity contribution < 1.29 is 31.5 Å². The number of hydrogen-bond donors (Lipinski definition) is 1. The van der Waals surface area contributed by atoms with E-state index in [1.165, 1.54) is 6.20 Å². The molecule has 3 aromatic rings. The number of carbonyl (C=O) groups is 1. The Morgan fingerprint density at radius 3 is 2.67 bits per heavy atom. The summed E-state index contributed by atoms with van der Waals surface area (Å²) in [5.74, 6) is -0.142. The number of aryl methyl sites for hydroxylation is 1. The van der Waals surface area contributed by atoms with Crippen molar-refractivity contribution in [3.05, 3.63) is 58.2 Å². The van der Waals surface area contributed by atoms with Crippen molar-refractivity contribution in [3.63, 3.8) is 0 Å². The number of amides is 1. The molecule has 0 aliphatic carbocycles. The largest absolute Gasteiger partial charge is 0.473 e. The Labute approximate surface area is 206 Å². The van der Waals surface area contributed by atoms with Crippen LogP contribution >= 0.6 is 11.5 Å². The quantitative estimate of drug-likeness (QED) is 0.438. The number of nitrogens with one attached hydrogen (secondary N) is 1. The minimum Gasteiger partial charge on any atom is -0.473 e. The summed E-state index contributed by atoms with van der Waals surface area (Å²) in [6.07, 6.45) is -3.42. The van der Waals surface area contributed by atoms with E-state index in [2.05, 4.69) is 24.6 Å². The second kappa shape index (κ2) is 10.8. The summed E-state index contributed by atoms with van der Waals surface area (Å²) in [6, 6.07) is 3.17. The number of anilines is 1. The molecule has 4 heterocycles. The average molecular weight is 529 g/mol. The van der Waals surface area contributed by atoms with E-state index in [0.717, 1.165) is 17.7 Å². The Kier molecular flexibility index (Phi) is 7.73. The van der Waals surface area contributed by atoms with Crippen molar-refractivity contribution in [2.75, 3.05) is 25.0 Å². The Balaban J connectivity index is 1.37. The zero-order valence-electron chi connectivity index (χ0n) is 18.9. The number of alkyl halides is 5. The zero-order valence-corrected chi connectivity index (χ0v) is 19.7. The molecule has 0 aromatic carbocycles. The number of hydrogen-bond acceptors (Lipinski definition) is 8. The number of rotatable bonds is 8. The van der Waals surface area contributed by atoms with Crippen LogP contribution in [0, 0.1) is 6.92 Å². The summed E-state index contributed by atoms with van der Waals surface area (Å²) >= 11 is 1.06. The number of aromatic nitrogens is 4. The highest BCUT2D eigenvalue weighted by Crippen LogP contribution is 2.28. The van der Waals surface area contributed by atoms with Crippen LogP contribution < -0.4 is 10.1 Å². The standard InChI is InChI=1S/C22H21F5N6O2S/c1-12-20(16(36-32-12)6-14-8-29-17(9-28-14)22(25,26)27)21(34)31-13-2-3-19(30-7-13)35-15-4-5-33(10-15)11-18(23)24/h2-3,7-9,15,18H,4-6,10-11H2,1H3,(H,31,34)/t15-/m0/s1. The summed E-state index contributed by atoms with van der Waals surface area (Å²) in [5, 5.41) is 2.72. The van der Waals surface area contributed by atoms with Gasteiger partial charge in [0.25, 0.3) is 12.3 Å². The molecule has 3 aromatic heterocycles. The second-order valence-electron chi connectivity index (χ2n) is 8.15. The molecule has 1 N–H and O–H groups in total. The summed E-state index contributed by atoms with van der Waals surface area (Å²) in [7, 11) is 0. The maximum Gasteiger partial charge on any atom is 0.434 e. The molecule has 1 atom stereocenters.